The summed E-state index contributed by atoms with van der Waals surface area (Å²) in [6, 6.07) is 4.57. The summed E-state index contributed by atoms with van der Waals surface area (Å²) in [4.78, 5) is 17.1. The molecule has 116 valence electrons. The van der Waals surface area contributed by atoms with Gasteiger partial charge in [0.15, 0.2) is 0 Å². The van der Waals surface area contributed by atoms with Crippen molar-refractivity contribution in [2.45, 2.75) is 33.7 Å². The van der Waals surface area contributed by atoms with Crippen LogP contribution in [0, 0.1) is 20.8 Å². The standard InChI is InChI=1S/C17H27N3O/c1-12-9-13(2)16(14(3)10-12)17(21)20-7-5-19(6-8-20)15(4)11-18/h9-10,15H,5-8,11,18H2,1-4H3. The molecule has 1 aliphatic heterocycles. The van der Waals surface area contributed by atoms with Gasteiger partial charge in [-0.25, -0.2) is 0 Å². The lowest BCUT2D eigenvalue weighted by Gasteiger charge is -2.38. The van der Waals surface area contributed by atoms with E-state index < -0.39 is 0 Å². The number of aryl methyl sites for hydroxylation is 3. The number of nitrogens with two attached hydrogens (primary N) is 1. The van der Waals surface area contributed by atoms with Crippen molar-refractivity contribution in [2.24, 2.45) is 5.73 Å². The number of carbonyl (C=O) groups is 1. The highest BCUT2D eigenvalue weighted by molar-refractivity contribution is 5.97. The number of nitrogens with zero attached hydrogens (tertiary/aromatic N) is 2. The Labute approximate surface area is 127 Å². The monoisotopic (exact) mass is 289 g/mol. The summed E-state index contributed by atoms with van der Waals surface area (Å²) in [5, 5.41) is 0. The van der Waals surface area contributed by atoms with Gasteiger partial charge in [0.1, 0.15) is 0 Å². The Morgan fingerprint density at radius 3 is 2.14 bits per heavy atom. The minimum absolute atomic E-state index is 0.171. The second kappa shape index (κ2) is 6.58. The predicted octanol–water partition coefficient (Wildman–Crippen LogP) is 1.72. The zero-order valence-corrected chi connectivity index (χ0v) is 13.6. The predicted molar refractivity (Wildman–Crippen MR) is 86.6 cm³/mol. The smallest absolute Gasteiger partial charge is 0.254 e. The Kier molecular flexibility index (Phi) is 5.01. The quantitative estimate of drug-likeness (QED) is 0.921. The molecule has 1 heterocycles. The molecule has 0 aliphatic carbocycles. The first-order valence-electron chi connectivity index (χ1n) is 7.75. The van der Waals surface area contributed by atoms with Crippen LogP contribution in [-0.4, -0.2) is 54.5 Å². The molecule has 2 rings (SSSR count). The van der Waals surface area contributed by atoms with Crippen molar-refractivity contribution < 1.29 is 4.79 Å². The van der Waals surface area contributed by atoms with Gasteiger partial charge in [0, 0.05) is 44.3 Å². The lowest BCUT2D eigenvalue weighted by molar-refractivity contribution is 0.0587. The van der Waals surface area contributed by atoms with Gasteiger partial charge in [-0.2, -0.15) is 0 Å². The van der Waals surface area contributed by atoms with E-state index in [1.54, 1.807) is 0 Å². The van der Waals surface area contributed by atoms with Gasteiger partial charge in [-0.1, -0.05) is 17.7 Å². The third-order valence-corrected chi connectivity index (χ3v) is 4.46. The molecule has 4 heteroatoms. The van der Waals surface area contributed by atoms with E-state index in [4.69, 9.17) is 5.73 Å². The lowest BCUT2D eigenvalue weighted by atomic mass is 9.98. The van der Waals surface area contributed by atoms with E-state index in [9.17, 15) is 4.79 Å². The van der Waals surface area contributed by atoms with Gasteiger partial charge in [-0.05, 0) is 38.8 Å². The molecule has 0 saturated carbocycles. The Hall–Kier alpha value is -1.39. The molecule has 0 bridgehead atoms. The van der Waals surface area contributed by atoms with Crippen molar-refractivity contribution in [3.63, 3.8) is 0 Å². The average Bonchev–Trinajstić information content (AvgIpc) is 2.45. The SMILES string of the molecule is Cc1cc(C)c(C(=O)N2CCN(C(C)CN)CC2)c(C)c1. The molecule has 0 radical (unpaired) electrons. The summed E-state index contributed by atoms with van der Waals surface area (Å²) in [7, 11) is 0. The van der Waals surface area contributed by atoms with Gasteiger partial charge in [-0.3, -0.25) is 9.69 Å². The summed E-state index contributed by atoms with van der Waals surface area (Å²) in [5.74, 6) is 0.171. The van der Waals surface area contributed by atoms with E-state index in [0.717, 1.165) is 42.9 Å². The Morgan fingerprint density at radius 1 is 1.14 bits per heavy atom. The van der Waals surface area contributed by atoms with E-state index >= 15 is 0 Å². The van der Waals surface area contributed by atoms with Gasteiger partial charge in [-0.15, -0.1) is 0 Å². The van der Waals surface area contributed by atoms with Gasteiger partial charge < -0.3 is 10.6 Å². The van der Waals surface area contributed by atoms with Crippen molar-refractivity contribution in [1.82, 2.24) is 9.80 Å². The molecule has 0 spiro atoms. The Morgan fingerprint density at radius 2 is 1.67 bits per heavy atom. The minimum atomic E-state index is 0.171. The van der Waals surface area contributed by atoms with Crippen LogP contribution in [-0.2, 0) is 0 Å². The molecule has 1 amide bonds. The first-order chi connectivity index (χ1) is 9.93. The number of piperazine rings is 1. The van der Waals surface area contributed by atoms with Crippen LogP contribution >= 0.6 is 0 Å². The molecule has 1 atom stereocenters. The fraction of sp³-hybridized carbons (Fsp3) is 0.588. The molecule has 1 unspecified atom stereocenters. The second-order valence-corrected chi connectivity index (χ2v) is 6.19. The van der Waals surface area contributed by atoms with E-state index in [1.807, 2.05) is 18.7 Å². The van der Waals surface area contributed by atoms with Crippen LogP contribution in [0.5, 0.6) is 0 Å². The van der Waals surface area contributed by atoms with Gasteiger partial charge in [0.2, 0.25) is 0 Å². The Bertz CT molecular complexity index is 496. The zero-order chi connectivity index (χ0) is 15.6. The molecule has 1 saturated heterocycles. The van der Waals surface area contributed by atoms with Crippen molar-refractivity contribution in [2.75, 3.05) is 32.7 Å². The summed E-state index contributed by atoms with van der Waals surface area (Å²) in [6.45, 7) is 12.3. The molecule has 4 nitrogen and oxygen atoms in total. The molecule has 1 aliphatic rings. The minimum Gasteiger partial charge on any atom is -0.336 e. The first kappa shape index (κ1) is 16.0. The van der Waals surface area contributed by atoms with Crippen molar-refractivity contribution in [1.29, 1.82) is 0 Å². The highest BCUT2D eigenvalue weighted by Gasteiger charge is 2.25. The molecule has 1 fully saturated rings. The van der Waals surface area contributed by atoms with E-state index in [1.165, 1.54) is 5.56 Å². The molecule has 1 aromatic rings. The average molecular weight is 289 g/mol. The normalized spacial score (nSPS) is 17.9. The number of benzene rings is 1. The molecule has 0 aromatic heterocycles. The van der Waals surface area contributed by atoms with Crippen LogP contribution in [0.4, 0.5) is 0 Å². The van der Waals surface area contributed by atoms with Crippen LogP contribution in [0.3, 0.4) is 0 Å². The summed E-state index contributed by atoms with van der Waals surface area (Å²) < 4.78 is 0. The van der Waals surface area contributed by atoms with E-state index in [2.05, 4.69) is 30.9 Å². The molecular weight excluding hydrogens is 262 g/mol. The maximum Gasteiger partial charge on any atom is 0.254 e. The van der Waals surface area contributed by atoms with Crippen LogP contribution in [0.15, 0.2) is 12.1 Å². The fourth-order valence-electron chi connectivity index (χ4n) is 3.19. The number of amides is 1. The van der Waals surface area contributed by atoms with Crippen LogP contribution in [0.2, 0.25) is 0 Å². The summed E-state index contributed by atoms with van der Waals surface area (Å²) >= 11 is 0. The van der Waals surface area contributed by atoms with Crippen LogP contribution in [0.25, 0.3) is 0 Å². The van der Waals surface area contributed by atoms with Crippen molar-refractivity contribution in [3.05, 3.63) is 34.4 Å². The number of hydrogen-bond donors (Lipinski definition) is 1. The van der Waals surface area contributed by atoms with Crippen LogP contribution in [0.1, 0.15) is 34.0 Å². The highest BCUT2D eigenvalue weighted by Crippen LogP contribution is 2.19. The number of hydrogen-bond acceptors (Lipinski definition) is 3. The Balaban J connectivity index is 2.09. The molecule has 2 N–H and O–H groups in total. The summed E-state index contributed by atoms with van der Waals surface area (Å²) in [5.41, 5.74) is 9.97. The molecule has 1 aromatic carbocycles. The first-order valence-corrected chi connectivity index (χ1v) is 7.75. The van der Waals surface area contributed by atoms with Gasteiger partial charge in [0.25, 0.3) is 5.91 Å². The largest absolute Gasteiger partial charge is 0.336 e. The van der Waals surface area contributed by atoms with Crippen LogP contribution < -0.4 is 5.73 Å². The number of carbonyl (C=O) groups excluding carboxylic acids is 1. The van der Waals surface area contributed by atoms with Gasteiger partial charge in [0.05, 0.1) is 0 Å². The maximum absolute atomic E-state index is 12.8. The summed E-state index contributed by atoms with van der Waals surface area (Å²) in [6.07, 6.45) is 0. The molecule has 21 heavy (non-hydrogen) atoms. The molecular formula is C17H27N3O. The highest BCUT2D eigenvalue weighted by atomic mass is 16.2. The van der Waals surface area contributed by atoms with E-state index in [0.29, 0.717) is 12.6 Å². The zero-order valence-electron chi connectivity index (χ0n) is 13.6. The number of rotatable bonds is 3. The van der Waals surface area contributed by atoms with Crippen molar-refractivity contribution in [3.8, 4) is 0 Å². The maximum atomic E-state index is 12.8. The van der Waals surface area contributed by atoms with Gasteiger partial charge >= 0.3 is 0 Å². The van der Waals surface area contributed by atoms with Crippen molar-refractivity contribution >= 4 is 5.91 Å². The second-order valence-electron chi connectivity index (χ2n) is 6.19. The van der Waals surface area contributed by atoms with E-state index in [-0.39, 0.29) is 5.91 Å². The third kappa shape index (κ3) is 3.44. The fourth-order valence-corrected chi connectivity index (χ4v) is 3.19. The third-order valence-electron chi connectivity index (χ3n) is 4.46. The topological polar surface area (TPSA) is 49.6 Å². The lowest BCUT2D eigenvalue weighted by Crippen LogP contribution is -2.53.